The van der Waals surface area contributed by atoms with Gasteiger partial charge in [0.2, 0.25) is 0 Å². The van der Waals surface area contributed by atoms with Crippen molar-refractivity contribution in [1.29, 1.82) is 0 Å². The van der Waals surface area contributed by atoms with Crippen molar-refractivity contribution in [2.45, 2.75) is 19.0 Å². The van der Waals surface area contributed by atoms with Crippen LogP contribution in [0.5, 0.6) is 0 Å². The standard InChI is InChI=1S/C14H18ClN3/c1-14(12-15,13-6-3-2-4-7-13)16-9-11-18-10-5-8-17-18/h2-8,10,16H,9,11-12H2,1H3. The Kier molecular flexibility index (Phi) is 4.39. The van der Waals surface area contributed by atoms with Gasteiger partial charge in [0.25, 0.3) is 0 Å². The summed E-state index contributed by atoms with van der Waals surface area (Å²) in [5.74, 6) is 0.538. The molecular weight excluding hydrogens is 246 g/mol. The van der Waals surface area contributed by atoms with E-state index in [9.17, 15) is 0 Å². The van der Waals surface area contributed by atoms with Gasteiger partial charge in [0.05, 0.1) is 12.1 Å². The van der Waals surface area contributed by atoms with Crippen molar-refractivity contribution in [3.8, 4) is 0 Å². The second-order valence-corrected chi connectivity index (χ2v) is 4.79. The van der Waals surface area contributed by atoms with Gasteiger partial charge in [0.1, 0.15) is 0 Å². The van der Waals surface area contributed by atoms with Crippen LogP contribution in [-0.2, 0) is 12.1 Å². The lowest BCUT2D eigenvalue weighted by atomic mass is 9.94. The van der Waals surface area contributed by atoms with Crippen molar-refractivity contribution in [3.63, 3.8) is 0 Å². The van der Waals surface area contributed by atoms with Crippen molar-refractivity contribution in [2.75, 3.05) is 12.4 Å². The van der Waals surface area contributed by atoms with Crippen molar-refractivity contribution in [3.05, 3.63) is 54.4 Å². The minimum atomic E-state index is -0.198. The average Bonchev–Trinajstić information content (AvgIpc) is 2.93. The second-order valence-electron chi connectivity index (χ2n) is 4.53. The summed E-state index contributed by atoms with van der Waals surface area (Å²) in [6.07, 6.45) is 3.75. The van der Waals surface area contributed by atoms with E-state index in [0.29, 0.717) is 5.88 Å². The molecule has 1 aromatic heterocycles. The molecule has 2 aromatic rings. The quantitative estimate of drug-likeness (QED) is 0.812. The van der Waals surface area contributed by atoms with Gasteiger partial charge in [-0.25, -0.2) is 0 Å². The fourth-order valence-corrected chi connectivity index (χ4v) is 2.16. The van der Waals surface area contributed by atoms with E-state index >= 15 is 0 Å². The smallest absolute Gasteiger partial charge is 0.0543 e. The number of nitrogens with one attached hydrogen (secondary N) is 1. The molecule has 1 N–H and O–H groups in total. The third-order valence-electron chi connectivity index (χ3n) is 3.09. The topological polar surface area (TPSA) is 29.9 Å². The molecule has 0 saturated heterocycles. The molecule has 96 valence electrons. The number of hydrogen-bond donors (Lipinski definition) is 1. The maximum absolute atomic E-state index is 6.12. The van der Waals surface area contributed by atoms with Gasteiger partial charge in [-0.1, -0.05) is 30.3 Å². The molecule has 2 rings (SSSR count). The van der Waals surface area contributed by atoms with Crippen molar-refractivity contribution in [1.82, 2.24) is 15.1 Å². The summed E-state index contributed by atoms with van der Waals surface area (Å²) >= 11 is 6.12. The Morgan fingerprint density at radius 1 is 1.28 bits per heavy atom. The molecule has 0 amide bonds. The number of hydrogen-bond acceptors (Lipinski definition) is 2. The Labute approximate surface area is 113 Å². The molecule has 3 nitrogen and oxygen atoms in total. The lowest BCUT2D eigenvalue weighted by Gasteiger charge is -2.29. The van der Waals surface area contributed by atoms with Gasteiger partial charge >= 0.3 is 0 Å². The van der Waals surface area contributed by atoms with E-state index in [-0.39, 0.29) is 5.54 Å². The first kappa shape index (κ1) is 13.1. The molecule has 0 spiro atoms. The molecule has 0 bridgehead atoms. The summed E-state index contributed by atoms with van der Waals surface area (Å²) in [4.78, 5) is 0. The Hall–Kier alpha value is -1.32. The van der Waals surface area contributed by atoms with Gasteiger partial charge in [-0.15, -0.1) is 11.6 Å². The molecule has 0 fully saturated rings. The van der Waals surface area contributed by atoms with Crippen LogP contribution in [0.15, 0.2) is 48.8 Å². The van der Waals surface area contributed by atoms with E-state index in [2.05, 4.69) is 29.5 Å². The summed E-state index contributed by atoms with van der Waals surface area (Å²) in [6.45, 7) is 3.80. The number of rotatable bonds is 6. The van der Waals surface area contributed by atoms with E-state index < -0.39 is 0 Å². The van der Waals surface area contributed by atoms with Gasteiger partial charge in [-0.05, 0) is 18.6 Å². The summed E-state index contributed by atoms with van der Waals surface area (Å²) < 4.78 is 1.91. The molecule has 0 aliphatic carbocycles. The summed E-state index contributed by atoms with van der Waals surface area (Å²) in [5.41, 5.74) is 1.01. The molecule has 0 aliphatic rings. The van der Waals surface area contributed by atoms with Crippen LogP contribution in [0.25, 0.3) is 0 Å². The zero-order chi connectivity index (χ0) is 12.8. The Balaban J connectivity index is 1.96. The van der Waals surface area contributed by atoms with Gasteiger partial charge in [-0.2, -0.15) is 5.10 Å². The number of nitrogens with zero attached hydrogens (tertiary/aromatic N) is 2. The molecule has 1 heterocycles. The largest absolute Gasteiger partial charge is 0.305 e. The highest BCUT2D eigenvalue weighted by atomic mass is 35.5. The SMILES string of the molecule is CC(CCl)(NCCn1cccn1)c1ccccc1. The third-order valence-corrected chi connectivity index (χ3v) is 3.63. The minimum absolute atomic E-state index is 0.198. The predicted octanol–water partition coefficient (Wildman–Crippen LogP) is 2.63. The van der Waals surface area contributed by atoms with Crippen LogP contribution in [0.1, 0.15) is 12.5 Å². The first-order chi connectivity index (χ1) is 8.74. The highest BCUT2D eigenvalue weighted by molar-refractivity contribution is 6.18. The molecule has 1 aromatic carbocycles. The monoisotopic (exact) mass is 263 g/mol. The summed E-state index contributed by atoms with van der Waals surface area (Å²) in [6, 6.07) is 12.2. The van der Waals surface area contributed by atoms with Crippen LogP contribution in [0.3, 0.4) is 0 Å². The van der Waals surface area contributed by atoms with Crippen LogP contribution < -0.4 is 5.32 Å². The maximum atomic E-state index is 6.12. The lowest BCUT2D eigenvalue weighted by molar-refractivity contribution is 0.390. The van der Waals surface area contributed by atoms with Gasteiger partial charge in [-0.3, -0.25) is 4.68 Å². The Morgan fingerprint density at radius 3 is 2.67 bits per heavy atom. The molecule has 1 atom stereocenters. The first-order valence-electron chi connectivity index (χ1n) is 6.08. The lowest BCUT2D eigenvalue weighted by Crippen LogP contribution is -2.42. The predicted molar refractivity (Wildman–Crippen MR) is 74.7 cm³/mol. The normalized spacial score (nSPS) is 14.3. The Morgan fingerprint density at radius 2 is 2.06 bits per heavy atom. The van der Waals surface area contributed by atoms with E-state index in [1.54, 1.807) is 6.20 Å². The van der Waals surface area contributed by atoms with E-state index in [0.717, 1.165) is 13.1 Å². The van der Waals surface area contributed by atoms with Crippen LogP contribution in [0, 0.1) is 0 Å². The van der Waals surface area contributed by atoms with Crippen LogP contribution >= 0.6 is 11.6 Å². The van der Waals surface area contributed by atoms with Crippen LogP contribution in [-0.4, -0.2) is 22.2 Å². The second kappa shape index (κ2) is 6.03. The van der Waals surface area contributed by atoms with Crippen LogP contribution in [0.2, 0.25) is 0 Å². The zero-order valence-electron chi connectivity index (χ0n) is 10.5. The summed E-state index contributed by atoms with van der Waals surface area (Å²) in [5, 5.41) is 7.69. The van der Waals surface area contributed by atoms with E-state index in [4.69, 9.17) is 11.6 Å². The summed E-state index contributed by atoms with van der Waals surface area (Å²) in [7, 11) is 0. The molecule has 0 aliphatic heterocycles. The van der Waals surface area contributed by atoms with Crippen LogP contribution in [0.4, 0.5) is 0 Å². The van der Waals surface area contributed by atoms with E-state index in [1.165, 1.54) is 5.56 Å². The fraction of sp³-hybridized carbons (Fsp3) is 0.357. The molecular formula is C14H18ClN3. The molecule has 1 unspecified atom stereocenters. The third kappa shape index (κ3) is 3.12. The number of halogens is 1. The minimum Gasteiger partial charge on any atom is -0.305 e. The fourth-order valence-electron chi connectivity index (χ4n) is 1.91. The number of alkyl halides is 1. The first-order valence-corrected chi connectivity index (χ1v) is 6.62. The van der Waals surface area contributed by atoms with Crippen molar-refractivity contribution >= 4 is 11.6 Å². The number of aromatic nitrogens is 2. The number of benzene rings is 1. The molecule has 18 heavy (non-hydrogen) atoms. The average molecular weight is 264 g/mol. The zero-order valence-corrected chi connectivity index (χ0v) is 11.3. The van der Waals surface area contributed by atoms with Gasteiger partial charge in [0.15, 0.2) is 0 Å². The molecule has 4 heteroatoms. The highest BCUT2D eigenvalue weighted by Crippen LogP contribution is 2.21. The Bertz CT molecular complexity index is 455. The van der Waals surface area contributed by atoms with Crippen molar-refractivity contribution < 1.29 is 0 Å². The van der Waals surface area contributed by atoms with Gasteiger partial charge < -0.3 is 5.32 Å². The molecule has 0 radical (unpaired) electrons. The highest BCUT2D eigenvalue weighted by Gasteiger charge is 2.24. The van der Waals surface area contributed by atoms with E-state index in [1.807, 2.05) is 35.1 Å². The van der Waals surface area contributed by atoms with Gasteiger partial charge in [0, 0.05) is 24.8 Å². The van der Waals surface area contributed by atoms with Crippen molar-refractivity contribution in [2.24, 2.45) is 0 Å². The maximum Gasteiger partial charge on any atom is 0.0543 e. The molecule has 0 saturated carbocycles.